The lowest BCUT2D eigenvalue weighted by Crippen LogP contribution is -2.20. The summed E-state index contributed by atoms with van der Waals surface area (Å²) in [5.74, 6) is -0.0170. The quantitative estimate of drug-likeness (QED) is 0.710. The van der Waals surface area contributed by atoms with Gasteiger partial charge in [0.15, 0.2) is 5.82 Å². The van der Waals surface area contributed by atoms with Gasteiger partial charge < -0.3 is 5.32 Å². The van der Waals surface area contributed by atoms with Crippen molar-refractivity contribution in [2.24, 2.45) is 0 Å². The van der Waals surface area contributed by atoms with Crippen LogP contribution in [-0.2, 0) is 17.9 Å². The largest absolute Gasteiger partial charge is 0.308 e. The second-order valence-corrected chi connectivity index (χ2v) is 6.18. The zero-order valence-electron chi connectivity index (χ0n) is 13.9. The van der Waals surface area contributed by atoms with E-state index in [2.05, 4.69) is 15.5 Å². The zero-order valence-corrected chi connectivity index (χ0v) is 14.6. The van der Waals surface area contributed by atoms with Crippen LogP contribution < -0.4 is 5.32 Å². The second kappa shape index (κ2) is 7.65. The lowest BCUT2D eigenvalue weighted by atomic mass is 10.2. The third kappa shape index (κ3) is 4.45. The van der Waals surface area contributed by atoms with Crippen molar-refractivity contribution in [3.8, 4) is 0 Å². The predicted octanol–water partition coefficient (Wildman–Crippen LogP) is 3.67. The highest BCUT2D eigenvalue weighted by Gasteiger charge is 2.15. The molecule has 26 heavy (non-hydrogen) atoms. The van der Waals surface area contributed by atoms with E-state index >= 15 is 0 Å². The molecule has 0 fully saturated rings. The number of alkyl halides is 2. The molecule has 0 atom stereocenters. The molecule has 0 bridgehead atoms. The summed E-state index contributed by atoms with van der Waals surface area (Å²) in [6.45, 7) is 1.98. The molecule has 2 aromatic heterocycles. The molecule has 3 aromatic rings. The standard InChI is InChI=1S/C17H16ClF2N5O/c1-11-8-14(17(19)20)22-25(11)10-16(26)21-15-6-7-24(23-15)9-12-2-4-13(18)5-3-12/h2-8,17H,9-10H2,1H3,(H,21,23,26). The Kier molecular flexibility index (Phi) is 5.32. The van der Waals surface area contributed by atoms with E-state index in [1.807, 2.05) is 12.1 Å². The molecule has 0 unspecified atom stereocenters. The lowest BCUT2D eigenvalue weighted by molar-refractivity contribution is -0.117. The fraction of sp³-hybridized carbons (Fsp3) is 0.235. The van der Waals surface area contributed by atoms with Crippen molar-refractivity contribution in [2.75, 3.05) is 5.32 Å². The average Bonchev–Trinajstić information content (AvgIpc) is 3.17. The minimum atomic E-state index is -2.67. The monoisotopic (exact) mass is 379 g/mol. The Morgan fingerprint density at radius 1 is 1.23 bits per heavy atom. The van der Waals surface area contributed by atoms with Gasteiger partial charge in [-0.2, -0.15) is 10.2 Å². The van der Waals surface area contributed by atoms with Gasteiger partial charge in [-0.3, -0.25) is 14.2 Å². The molecule has 136 valence electrons. The van der Waals surface area contributed by atoms with Crippen LogP contribution in [0, 0.1) is 6.92 Å². The Bertz CT molecular complexity index is 904. The fourth-order valence-electron chi connectivity index (χ4n) is 2.41. The van der Waals surface area contributed by atoms with E-state index in [1.165, 1.54) is 10.7 Å². The molecule has 6 nitrogen and oxygen atoms in total. The number of anilines is 1. The first-order valence-electron chi connectivity index (χ1n) is 7.81. The number of nitrogens with zero attached hydrogens (tertiary/aromatic N) is 4. The maximum Gasteiger partial charge on any atom is 0.282 e. The van der Waals surface area contributed by atoms with Crippen molar-refractivity contribution in [1.82, 2.24) is 19.6 Å². The normalized spacial score (nSPS) is 11.1. The number of amides is 1. The molecule has 1 amide bonds. The molecule has 3 rings (SSSR count). The van der Waals surface area contributed by atoms with Gasteiger partial charge in [0.1, 0.15) is 12.2 Å². The Morgan fingerprint density at radius 2 is 1.96 bits per heavy atom. The molecule has 1 aromatic carbocycles. The summed E-state index contributed by atoms with van der Waals surface area (Å²) in [5.41, 5.74) is 1.16. The third-order valence-electron chi connectivity index (χ3n) is 3.68. The van der Waals surface area contributed by atoms with E-state index in [-0.39, 0.29) is 12.2 Å². The summed E-state index contributed by atoms with van der Waals surface area (Å²) in [6, 6.07) is 10.3. The van der Waals surface area contributed by atoms with E-state index in [0.717, 1.165) is 5.56 Å². The number of hydrogen-bond acceptors (Lipinski definition) is 3. The molecule has 9 heteroatoms. The number of rotatable bonds is 6. The maximum atomic E-state index is 12.7. The minimum absolute atomic E-state index is 0.164. The van der Waals surface area contributed by atoms with Gasteiger partial charge >= 0.3 is 0 Å². The Morgan fingerprint density at radius 3 is 2.62 bits per heavy atom. The Balaban J connectivity index is 1.60. The van der Waals surface area contributed by atoms with Crippen LogP contribution in [0.1, 0.15) is 23.4 Å². The summed E-state index contributed by atoms with van der Waals surface area (Å²) in [5, 5.41) is 11.3. The highest BCUT2D eigenvalue weighted by Crippen LogP contribution is 2.18. The lowest BCUT2D eigenvalue weighted by Gasteiger charge is -2.05. The molecule has 0 aliphatic carbocycles. The first-order chi connectivity index (χ1) is 12.4. The number of hydrogen-bond donors (Lipinski definition) is 1. The first-order valence-corrected chi connectivity index (χ1v) is 8.19. The van der Waals surface area contributed by atoms with Gasteiger partial charge in [0, 0.05) is 23.0 Å². The van der Waals surface area contributed by atoms with Gasteiger partial charge in [0.05, 0.1) is 6.54 Å². The molecule has 0 radical (unpaired) electrons. The van der Waals surface area contributed by atoms with Gasteiger partial charge in [-0.15, -0.1) is 0 Å². The van der Waals surface area contributed by atoms with Crippen LogP contribution >= 0.6 is 11.6 Å². The van der Waals surface area contributed by atoms with Crippen LogP contribution in [0.3, 0.4) is 0 Å². The second-order valence-electron chi connectivity index (χ2n) is 5.74. The van der Waals surface area contributed by atoms with Crippen LogP contribution in [0.4, 0.5) is 14.6 Å². The molecule has 0 saturated heterocycles. The van der Waals surface area contributed by atoms with Crippen molar-refractivity contribution in [2.45, 2.75) is 26.4 Å². The summed E-state index contributed by atoms with van der Waals surface area (Å²) in [4.78, 5) is 12.1. The van der Waals surface area contributed by atoms with E-state index in [9.17, 15) is 13.6 Å². The highest BCUT2D eigenvalue weighted by atomic mass is 35.5. The molecule has 1 N–H and O–H groups in total. The van der Waals surface area contributed by atoms with Crippen molar-refractivity contribution in [1.29, 1.82) is 0 Å². The molecular formula is C17H16ClF2N5O. The molecule has 0 spiro atoms. The smallest absolute Gasteiger partial charge is 0.282 e. The fourth-order valence-corrected chi connectivity index (χ4v) is 2.54. The SMILES string of the molecule is Cc1cc(C(F)F)nn1CC(=O)Nc1ccn(Cc2ccc(Cl)cc2)n1. The molecule has 0 saturated carbocycles. The van der Waals surface area contributed by atoms with Gasteiger partial charge in [0.25, 0.3) is 6.43 Å². The number of carbonyl (C=O) groups is 1. The van der Waals surface area contributed by atoms with Crippen LogP contribution in [-0.4, -0.2) is 25.5 Å². The zero-order chi connectivity index (χ0) is 18.7. The van der Waals surface area contributed by atoms with Gasteiger partial charge in [0.2, 0.25) is 5.91 Å². The number of aromatic nitrogens is 4. The molecule has 0 aliphatic rings. The molecular weight excluding hydrogens is 364 g/mol. The number of carbonyl (C=O) groups excluding carboxylic acids is 1. The van der Waals surface area contributed by atoms with Crippen molar-refractivity contribution >= 4 is 23.3 Å². The summed E-state index contributed by atoms with van der Waals surface area (Å²) in [7, 11) is 0. The minimum Gasteiger partial charge on any atom is -0.308 e. The summed E-state index contributed by atoms with van der Waals surface area (Å²) < 4.78 is 28.2. The molecule has 0 aliphatic heterocycles. The van der Waals surface area contributed by atoms with E-state index in [4.69, 9.17) is 11.6 Å². The van der Waals surface area contributed by atoms with Crippen LogP contribution in [0.15, 0.2) is 42.6 Å². The van der Waals surface area contributed by atoms with Crippen molar-refractivity contribution in [3.05, 3.63) is 64.6 Å². The number of benzene rings is 1. The Hall–Kier alpha value is -2.74. The number of halogens is 3. The van der Waals surface area contributed by atoms with E-state index in [0.29, 0.717) is 23.1 Å². The number of aryl methyl sites for hydroxylation is 1. The predicted molar refractivity (Wildman–Crippen MR) is 93.3 cm³/mol. The highest BCUT2D eigenvalue weighted by molar-refractivity contribution is 6.30. The van der Waals surface area contributed by atoms with Gasteiger partial charge in [-0.25, -0.2) is 8.78 Å². The number of nitrogens with one attached hydrogen (secondary N) is 1. The van der Waals surface area contributed by atoms with Crippen molar-refractivity contribution in [3.63, 3.8) is 0 Å². The van der Waals surface area contributed by atoms with Gasteiger partial charge in [-0.05, 0) is 30.7 Å². The van der Waals surface area contributed by atoms with Crippen LogP contribution in [0.25, 0.3) is 0 Å². The summed E-state index contributed by atoms with van der Waals surface area (Å²) in [6.07, 6.45) is -0.931. The third-order valence-corrected chi connectivity index (χ3v) is 3.93. The molecule has 2 heterocycles. The van der Waals surface area contributed by atoms with E-state index < -0.39 is 12.3 Å². The first kappa shape index (κ1) is 18.1. The van der Waals surface area contributed by atoms with Crippen molar-refractivity contribution < 1.29 is 13.6 Å². The summed E-state index contributed by atoms with van der Waals surface area (Å²) >= 11 is 5.85. The van der Waals surface area contributed by atoms with Gasteiger partial charge in [-0.1, -0.05) is 23.7 Å². The van der Waals surface area contributed by atoms with Crippen LogP contribution in [0.5, 0.6) is 0 Å². The van der Waals surface area contributed by atoms with E-state index in [1.54, 1.807) is 36.0 Å². The Labute approximate surface area is 153 Å². The van der Waals surface area contributed by atoms with Crippen LogP contribution in [0.2, 0.25) is 5.02 Å². The maximum absolute atomic E-state index is 12.7. The topological polar surface area (TPSA) is 64.7 Å². The average molecular weight is 380 g/mol.